The summed E-state index contributed by atoms with van der Waals surface area (Å²) in [5.74, 6) is 0.787. The van der Waals surface area contributed by atoms with Gasteiger partial charge in [-0.25, -0.2) is 0 Å². The summed E-state index contributed by atoms with van der Waals surface area (Å²) in [5.41, 5.74) is 4.30. The Morgan fingerprint density at radius 3 is 2.50 bits per heavy atom. The lowest BCUT2D eigenvalue weighted by molar-refractivity contribution is 0.304. The van der Waals surface area contributed by atoms with Gasteiger partial charge in [0.1, 0.15) is 12.4 Å². The zero-order valence-electron chi connectivity index (χ0n) is 14.5. The van der Waals surface area contributed by atoms with Crippen molar-refractivity contribution in [3.63, 3.8) is 0 Å². The van der Waals surface area contributed by atoms with Gasteiger partial charge in [0.25, 0.3) is 0 Å². The van der Waals surface area contributed by atoms with Gasteiger partial charge in [-0.2, -0.15) is 0 Å². The van der Waals surface area contributed by atoms with E-state index in [9.17, 15) is 0 Å². The van der Waals surface area contributed by atoms with E-state index in [-0.39, 0.29) is 0 Å². The van der Waals surface area contributed by atoms with E-state index in [1.54, 1.807) is 0 Å². The minimum Gasteiger partial charge on any atom is -0.488 e. The Kier molecular flexibility index (Phi) is 6.48. The third-order valence-corrected chi connectivity index (χ3v) is 4.80. The zero-order chi connectivity index (χ0) is 18.4. The summed E-state index contributed by atoms with van der Waals surface area (Å²) in [5, 5.41) is 0.712. The average Bonchev–Trinajstić information content (AvgIpc) is 2.66. The van der Waals surface area contributed by atoms with Crippen LogP contribution in [-0.2, 0) is 13.0 Å². The highest BCUT2D eigenvalue weighted by Crippen LogP contribution is 2.27. The molecule has 0 spiro atoms. The van der Waals surface area contributed by atoms with Crippen LogP contribution in [0.5, 0.6) is 5.75 Å². The summed E-state index contributed by atoms with van der Waals surface area (Å²) in [6.45, 7) is 2.61. The molecule has 0 atom stereocenters. The van der Waals surface area contributed by atoms with E-state index in [1.165, 1.54) is 5.56 Å². The van der Waals surface area contributed by atoms with Gasteiger partial charge in [-0.3, -0.25) is 4.99 Å². The monoisotopic (exact) mass is 427 g/mol. The van der Waals surface area contributed by atoms with Crippen LogP contribution >= 0.6 is 27.5 Å². The summed E-state index contributed by atoms with van der Waals surface area (Å²) in [6.07, 6.45) is 2.89. The molecule has 0 aliphatic carbocycles. The molecule has 132 valence electrons. The van der Waals surface area contributed by atoms with Crippen LogP contribution in [0.1, 0.15) is 23.6 Å². The van der Waals surface area contributed by atoms with Crippen LogP contribution < -0.4 is 4.74 Å². The molecule has 0 saturated carbocycles. The number of benzene rings is 3. The Morgan fingerprint density at radius 1 is 1.00 bits per heavy atom. The average molecular weight is 429 g/mol. The largest absolute Gasteiger partial charge is 0.488 e. The number of ether oxygens (including phenoxy) is 1. The minimum absolute atomic E-state index is 0.469. The zero-order valence-corrected chi connectivity index (χ0v) is 16.8. The molecule has 0 aromatic heterocycles. The molecule has 3 aromatic carbocycles. The fourth-order valence-corrected chi connectivity index (χ4v) is 3.19. The molecule has 2 nitrogen and oxygen atoms in total. The highest BCUT2D eigenvalue weighted by atomic mass is 79.9. The molecule has 0 bridgehead atoms. The summed E-state index contributed by atoms with van der Waals surface area (Å²) < 4.78 is 6.76. The molecule has 3 rings (SSSR count). The third kappa shape index (κ3) is 5.20. The molecule has 0 aliphatic rings. The number of hydrogen-bond donors (Lipinski definition) is 0. The molecule has 0 N–H and O–H groups in total. The van der Waals surface area contributed by atoms with Crippen molar-refractivity contribution >= 4 is 39.4 Å². The standard InChI is InChI=1S/C22H19BrClNO/c1-2-16-6-9-20(10-7-16)25-14-17-8-11-22(21(23)13-17)26-15-18-4-3-5-19(24)12-18/h3-14H,2,15H2,1H3. The van der Waals surface area contributed by atoms with Crippen molar-refractivity contribution < 1.29 is 4.74 Å². The van der Waals surface area contributed by atoms with Crippen molar-refractivity contribution in [2.45, 2.75) is 20.0 Å². The Bertz CT molecular complexity index is 906. The molecular weight excluding hydrogens is 410 g/mol. The summed E-state index contributed by atoms with van der Waals surface area (Å²) >= 11 is 9.57. The second-order valence-corrected chi connectivity index (χ2v) is 7.18. The van der Waals surface area contributed by atoms with Gasteiger partial charge in [-0.15, -0.1) is 0 Å². The molecule has 0 unspecified atom stereocenters. The van der Waals surface area contributed by atoms with Crippen molar-refractivity contribution in [1.29, 1.82) is 0 Å². The van der Waals surface area contributed by atoms with Crippen LogP contribution in [0.15, 0.2) is 76.2 Å². The molecule has 0 saturated heterocycles. The predicted molar refractivity (Wildman–Crippen MR) is 113 cm³/mol. The first-order valence-corrected chi connectivity index (χ1v) is 9.61. The normalized spacial score (nSPS) is 11.0. The maximum atomic E-state index is 6.00. The van der Waals surface area contributed by atoms with Crippen molar-refractivity contribution in [3.05, 3.63) is 92.9 Å². The molecule has 0 amide bonds. The first kappa shape index (κ1) is 18.7. The van der Waals surface area contributed by atoms with Gasteiger partial charge in [0.05, 0.1) is 10.2 Å². The van der Waals surface area contributed by atoms with Gasteiger partial charge in [0.2, 0.25) is 0 Å². The lowest BCUT2D eigenvalue weighted by Crippen LogP contribution is -1.96. The molecule has 0 aliphatic heterocycles. The number of rotatable bonds is 6. The molecule has 0 fully saturated rings. The number of halogens is 2. The van der Waals surface area contributed by atoms with Crippen LogP contribution in [0.4, 0.5) is 5.69 Å². The van der Waals surface area contributed by atoms with E-state index in [1.807, 2.05) is 60.8 Å². The van der Waals surface area contributed by atoms with Crippen molar-refractivity contribution in [2.75, 3.05) is 0 Å². The summed E-state index contributed by atoms with van der Waals surface area (Å²) in [6, 6.07) is 21.9. The highest BCUT2D eigenvalue weighted by Gasteiger charge is 2.03. The van der Waals surface area contributed by atoms with Gasteiger partial charge in [-0.05, 0) is 81.5 Å². The molecular formula is C22H19BrClNO. The minimum atomic E-state index is 0.469. The van der Waals surface area contributed by atoms with Crippen molar-refractivity contribution in [2.24, 2.45) is 4.99 Å². The fraction of sp³-hybridized carbons (Fsp3) is 0.136. The van der Waals surface area contributed by atoms with Gasteiger partial charge >= 0.3 is 0 Å². The van der Waals surface area contributed by atoms with E-state index in [0.29, 0.717) is 11.6 Å². The number of hydrogen-bond acceptors (Lipinski definition) is 2. The smallest absolute Gasteiger partial charge is 0.134 e. The van der Waals surface area contributed by atoms with Gasteiger partial charge in [0, 0.05) is 11.2 Å². The van der Waals surface area contributed by atoms with Crippen molar-refractivity contribution in [1.82, 2.24) is 0 Å². The number of nitrogens with zero attached hydrogens (tertiary/aromatic N) is 1. The fourth-order valence-electron chi connectivity index (χ4n) is 2.47. The Hall–Kier alpha value is -2.10. The second-order valence-electron chi connectivity index (χ2n) is 5.89. The Balaban J connectivity index is 1.65. The summed E-state index contributed by atoms with van der Waals surface area (Å²) in [7, 11) is 0. The van der Waals surface area contributed by atoms with Gasteiger partial charge in [0.15, 0.2) is 0 Å². The number of aliphatic imine (C=N–C) groups is 1. The van der Waals surface area contributed by atoms with E-state index in [4.69, 9.17) is 16.3 Å². The molecule has 0 radical (unpaired) electrons. The Labute approximate surface area is 167 Å². The van der Waals surface area contributed by atoms with Crippen LogP contribution in [0, 0.1) is 0 Å². The van der Waals surface area contributed by atoms with E-state index in [2.05, 4.69) is 40.0 Å². The van der Waals surface area contributed by atoms with E-state index < -0.39 is 0 Å². The maximum absolute atomic E-state index is 6.00. The maximum Gasteiger partial charge on any atom is 0.134 e. The van der Waals surface area contributed by atoms with Gasteiger partial charge in [-0.1, -0.05) is 42.8 Å². The topological polar surface area (TPSA) is 21.6 Å². The Morgan fingerprint density at radius 2 is 1.81 bits per heavy atom. The number of aryl methyl sites for hydroxylation is 1. The van der Waals surface area contributed by atoms with E-state index in [0.717, 1.165) is 33.5 Å². The second kappa shape index (κ2) is 9.02. The van der Waals surface area contributed by atoms with Crippen molar-refractivity contribution in [3.8, 4) is 5.75 Å². The van der Waals surface area contributed by atoms with Crippen LogP contribution in [0.2, 0.25) is 5.02 Å². The quantitative estimate of drug-likeness (QED) is 0.387. The molecule has 26 heavy (non-hydrogen) atoms. The third-order valence-electron chi connectivity index (χ3n) is 3.95. The SMILES string of the molecule is CCc1ccc(N=Cc2ccc(OCc3cccc(Cl)c3)c(Br)c2)cc1. The summed E-state index contributed by atoms with van der Waals surface area (Å²) in [4.78, 5) is 4.52. The first-order chi connectivity index (χ1) is 12.6. The van der Waals surface area contributed by atoms with Crippen LogP contribution in [0.3, 0.4) is 0 Å². The predicted octanol–water partition coefficient (Wildman–Crippen LogP) is 6.99. The van der Waals surface area contributed by atoms with E-state index >= 15 is 0 Å². The lowest BCUT2D eigenvalue weighted by atomic mass is 10.1. The highest BCUT2D eigenvalue weighted by molar-refractivity contribution is 9.10. The molecule has 0 heterocycles. The molecule has 4 heteroatoms. The molecule has 3 aromatic rings. The lowest BCUT2D eigenvalue weighted by Gasteiger charge is -2.09. The van der Waals surface area contributed by atoms with Crippen LogP contribution in [0.25, 0.3) is 0 Å². The van der Waals surface area contributed by atoms with Gasteiger partial charge < -0.3 is 4.74 Å². The van der Waals surface area contributed by atoms with Crippen LogP contribution in [-0.4, -0.2) is 6.21 Å². The first-order valence-electron chi connectivity index (χ1n) is 8.44.